The third kappa shape index (κ3) is 2.96. The predicted octanol–water partition coefficient (Wildman–Crippen LogP) is 3.15. The van der Waals surface area contributed by atoms with Gasteiger partial charge in [0, 0.05) is 4.47 Å². The van der Waals surface area contributed by atoms with Gasteiger partial charge in [0.1, 0.15) is 11.6 Å². The lowest BCUT2D eigenvalue weighted by molar-refractivity contribution is 0.260. The van der Waals surface area contributed by atoms with E-state index in [1.807, 2.05) is 24.3 Å². The van der Waals surface area contributed by atoms with E-state index in [4.69, 9.17) is 20.8 Å². The Balaban J connectivity index is 1.94. The Morgan fingerprint density at radius 2 is 1.88 bits per heavy atom. The van der Waals surface area contributed by atoms with Crippen LogP contribution in [0.5, 0.6) is 5.75 Å². The topological polar surface area (TPSA) is 48.2 Å². The summed E-state index contributed by atoms with van der Waals surface area (Å²) in [5.41, 5.74) is 0. The highest BCUT2D eigenvalue weighted by Crippen LogP contribution is 2.17. The lowest BCUT2D eigenvalue weighted by Gasteiger charge is -2.02. The third-order valence-corrected chi connectivity index (χ3v) is 2.56. The van der Waals surface area contributed by atoms with Gasteiger partial charge in [-0.25, -0.2) is 0 Å². The van der Waals surface area contributed by atoms with Crippen molar-refractivity contribution in [1.29, 1.82) is 0 Å². The smallest absolute Gasteiger partial charge is 0.253 e. The van der Waals surface area contributed by atoms with E-state index in [0.717, 1.165) is 10.2 Å². The molecule has 2 aromatic rings. The van der Waals surface area contributed by atoms with Crippen molar-refractivity contribution in [1.82, 2.24) is 10.2 Å². The molecule has 0 aliphatic heterocycles. The summed E-state index contributed by atoms with van der Waals surface area (Å²) in [6.07, 6.45) is 0. The largest absolute Gasteiger partial charge is 0.484 e. The van der Waals surface area contributed by atoms with E-state index in [1.165, 1.54) is 0 Å². The fraction of sp³-hybridized carbons (Fsp3) is 0.200. The molecule has 0 amide bonds. The molecule has 0 unspecified atom stereocenters. The first kappa shape index (κ1) is 11.4. The predicted molar refractivity (Wildman–Crippen MR) is 62.3 cm³/mol. The molecule has 0 fully saturated rings. The zero-order valence-electron chi connectivity index (χ0n) is 8.19. The molecule has 0 spiro atoms. The Kier molecular flexibility index (Phi) is 3.79. The number of nitrogens with zero attached hydrogens (tertiary/aromatic N) is 2. The number of benzene rings is 1. The van der Waals surface area contributed by atoms with Gasteiger partial charge in [0.25, 0.3) is 5.89 Å². The Labute approximate surface area is 106 Å². The van der Waals surface area contributed by atoms with Gasteiger partial charge < -0.3 is 9.15 Å². The zero-order chi connectivity index (χ0) is 11.4. The van der Waals surface area contributed by atoms with Crippen LogP contribution in [0.2, 0.25) is 0 Å². The fourth-order valence-corrected chi connectivity index (χ4v) is 1.45. The van der Waals surface area contributed by atoms with Gasteiger partial charge in [-0.05, 0) is 24.3 Å². The van der Waals surface area contributed by atoms with E-state index in [2.05, 4.69) is 26.1 Å². The molecule has 0 atom stereocenters. The van der Waals surface area contributed by atoms with Gasteiger partial charge in [0.15, 0.2) is 6.61 Å². The van der Waals surface area contributed by atoms with Crippen LogP contribution in [-0.4, -0.2) is 10.2 Å². The molecule has 0 aliphatic carbocycles. The van der Waals surface area contributed by atoms with Crippen molar-refractivity contribution < 1.29 is 9.15 Å². The fourth-order valence-electron chi connectivity index (χ4n) is 1.08. The van der Waals surface area contributed by atoms with Crippen molar-refractivity contribution in [2.24, 2.45) is 0 Å². The van der Waals surface area contributed by atoms with Crippen molar-refractivity contribution in [3.8, 4) is 5.75 Å². The van der Waals surface area contributed by atoms with Crippen LogP contribution in [0, 0.1) is 0 Å². The molecule has 0 N–H and O–H groups in total. The molecule has 4 nitrogen and oxygen atoms in total. The molecule has 16 heavy (non-hydrogen) atoms. The van der Waals surface area contributed by atoms with Gasteiger partial charge in [0.05, 0.1) is 0 Å². The average molecular weight is 304 g/mol. The minimum absolute atomic E-state index is 0.214. The van der Waals surface area contributed by atoms with Gasteiger partial charge in [-0.3, -0.25) is 0 Å². The van der Waals surface area contributed by atoms with Crippen LogP contribution in [0.4, 0.5) is 0 Å². The SMILES string of the molecule is ClCc1nnc(COc2ccc(Br)cc2)o1. The molecule has 0 saturated carbocycles. The first-order valence-corrected chi connectivity index (χ1v) is 5.86. The Morgan fingerprint density at radius 3 is 2.50 bits per heavy atom. The number of hydrogen-bond donors (Lipinski definition) is 0. The summed E-state index contributed by atoms with van der Waals surface area (Å²) in [5.74, 6) is 1.77. The summed E-state index contributed by atoms with van der Waals surface area (Å²) in [6, 6.07) is 7.49. The third-order valence-electron chi connectivity index (χ3n) is 1.80. The monoisotopic (exact) mass is 302 g/mol. The first-order valence-electron chi connectivity index (χ1n) is 4.53. The molecule has 0 radical (unpaired) electrons. The molecular weight excluding hydrogens is 295 g/mol. The molecule has 0 saturated heterocycles. The van der Waals surface area contributed by atoms with E-state index in [1.54, 1.807) is 0 Å². The summed E-state index contributed by atoms with van der Waals surface area (Å²) < 4.78 is 11.6. The van der Waals surface area contributed by atoms with Gasteiger partial charge in [0.2, 0.25) is 5.89 Å². The highest BCUT2D eigenvalue weighted by Gasteiger charge is 2.05. The van der Waals surface area contributed by atoms with Crippen molar-refractivity contribution in [3.05, 3.63) is 40.5 Å². The second kappa shape index (κ2) is 5.32. The van der Waals surface area contributed by atoms with Crippen LogP contribution < -0.4 is 4.74 Å². The quantitative estimate of drug-likeness (QED) is 0.814. The van der Waals surface area contributed by atoms with Crippen LogP contribution in [0.3, 0.4) is 0 Å². The lowest BCUT2D eigenvalue weighted by Crippen LogP contribution is -1.95. The van der Waals surface area contributed by atoms with Crippen molar-refractivity contribution >= 4 is 27.5 Å². The lowest BCUT2D eigenvalue weighted by atomic mass is 10.3. The van der Waals surface area contributed by atoms with E-state index >= 15 is 0 Å². The minimum Gasteiger partial charge on any atom is -0.484 e. The number of halogens is 2. The second-order valence-corrected chi connectivity index (χ2v) is 4.15. The average Bonchev–Trinajstić information content (AvgIpc) is 2.76. The molecule has 2 rings (SSSR count). The number of rotatable bonds is 4. The van der Waals surface area contributed by atoms with E-state index in [0.29, 0.717) is 11.8 Å². The van der Waals surface area contributed by atoms with Gasteiger partial charge in [-0.1, -0.05) is 15.9 Å². The molecule has 1 aromatic heterocycles. The van der Waals surface area contributed by atoms with Crippen LogP contribution in [-0.2, 0) is 12.5 Å². The zero-order valence-corrected chi connectivity index (χ0v) is 10.5. The summed E-state index contributed by atoms with van der Waals surface area (Å²) in [6.45, 7) is 0.242. The molecule has 1 aromatic carbocycles. The molecule has 84 valence electrons. The highest BCUT2D eigenvalue weighted by molar-refractivity contribution is 9.10. The van der Waals surface area contributed by atoms with Gasteiger partial charge in [-0.15, -0.1) is 21.8 Å². The molecule has 0 aliphatic rings. The molecular formula is C10H8BrClN2O2. The van der Waals surface area contributed by atoms with Gasteiger partial charge >= 0.3 is 0 Å². The van der Waals surface area contributed by atoms with Crippen molar-refractivity contribution in [2.75, 3.05) is 0 Å². The summed E-state index contributed by atoms with van der Waals surface area (Å²) in [4.78, 5) is 0. The van der Waals surface area contributed by atoms with Crippen LogP contribution in [0.25, 0.3) is 0 Å². The van der Waals surface area contributed by atoms with Crippen LogP contribution in [0.1, 0.15) is 11.8 Å². The van der Waals surface area contributed by atoms with Crippen molar-refractivity contribution in [3.63, 3.8) is 0 Å². The Hall–Kier alpha value is -1.07. The number of ether oxygens (including phenoxy) is 1. The normalized spacial score (nSPS) is 10.4. The summed E-state index contributed by atoms with van der Waals surface area (Å²) in [7, 11) is 0. The minimum atomic E-state index is 0.214. The Morgan fingerprint density at radius 1 is 1.19 bits per heavy atom. The summed E-state index contributed by atoms with van der Waals surface area (Å²) in [5, 5.41) is 7.51. The van der Waals surface area contributed by atoms with E-state index in [-0.39, 0.29) is 12.5 Å². The summed E-state index contributed by atoms with van der Waals surface area (Å²) >= 11 is 8.88. The van der Waals surface area contributed by atoms with E-state index in [9.17, 15) is 0 Å². The second-order valence-electron chi connectivity index (χ2n) is 2.97. The number of aromatic nitrogens is 2. The standard InChI is InChI=1S/C10H8BrClN2O2/c11-7-1-3-8(4-2-7)15-6-10-14-13-9(5-12)16-10/h1-4H,5-6H2. The number of hydrogen-bond acceptors (Lipinski definition) is 4. The van der Waals surface area contributed by atoms with Crippen LogP contribution >= 0.6 is 27.5 Å². The van der Waals surface area contributed by atoms with Crippen molar-refractivity contribution in [2.45, 2.75) is 12.5 Å². The molecule has 1 heterocycles. The van der Waals surface area contributed by atoms with Gasteiger partial charge in [-0.2, -0.15) is 0 Å². The number of alkyl halides is 1. The molecule has 0 bridgehead atoms. The Bertz CT molecular complexity index is 458. The van der Waals surface area contributed by atoms with Crippen LogP contribution in [0.15, 0.2) is 33.2 Å². The van der Waals surface area contributed by atoms with E-state index < -0.39 is 0 Å². The maximum absolute atomic E-state index is 5.53. The maximum Gasteiger partial charge on any atom is 0.253 e. The highest BCUT2D eigenvalue weighted by atomic mass is 79.9. The molecule has 6 heteroatoms. The maximum atomic E-state index is 5.53. The first-order chi connectivity index (χ1) is 7.78.